The highest BCUT2D eigenvalue weighted by Crippen LogP contribution is 2.25. The lowest BCUT2D eigenvalue weighted by atomic mass is 10.1. The number of pyridine rings is 1. The molecule has 0 N–H and O–H groups in total. The number of carbonyl (C=O) groups is 1. The van der Waals surface area contributed by atoms with Crippen molar-refractivity contribution in [2.45, 2.75) is 31.0 Å². The van der Waals surface area contributed by atoms with Crippen LogP contribution < -0.4 is 0 Å². The smallest absolute Gasteiger partial charge is 0.176 e. The summed E-state index contributed by atoms with van der Waals surface area (Å²) < 4.78 is 26.1. The maximum Gasteiger partial charge on any atom is 0.176 e. The van der Waals surface area contributed by atoms with Crippen LogP contribution in [0, 0.1) is 25.5 Å². The third-order valence-electron chi connectivity index (χ3n) is 2.95. The first-order valence-electron chi connectivity index (χ1n) is 6.48. The Kier molecular flexibility index (Phi) is 4.73. The number of carbonyl (C=O) groups excluding carboxylic acids is 1. The number of aromatic nitrogens is 1. The summed E-state index contributed by atoms with van der Waals surface area (Å²) >= 11 is 1.31. The minimum absolute atomic E-state index is 0.165. The van der Waals surface area contributed by atoms with Gasteiger partial charge in [0.05, 0.1) is 10.3 Å². The number of aryl methyl sites for hydroxylation is 2. The van der Waals surface area contributed by atoms with Crippen molar-refractivity contribution in [1.29, 1.82) is 0 Å². The molecule has 1 heterocycles. The molecule has 0 fully saturated rings. The standard InChI is InChI=1S/C16H15F2NOS/c1-9-6-10(2)19-15(7-9)21-11(3)16(20)12-4-5-13(17)14(18)8-12/h4-8,11H,1-3H3. The second kappa shape index (κ2) is 6.35. The fourth-order valence-electron chi connectivity index (χ4n) is 1.98. The topological polar surface area (TPSA) is 30.0 Å². The number of hydrogen-bond donors (Lipinski definition) is 0. The number of hydrogen-bond acceptors (Lipinski definition) is 3. The molecule has 2 rings (SSSR count). The Labute approximate surface area is 126 Å². The second-order valence-corrected chi connectivity index (χ2v) is 6.24. The number of Topliss-reactive ketones (excluding diaryl/α,β-unsaturated/α-hetero) is 1. The monoisotopic (exact) mass is 307 g/mol. The lowest BCUT2D eigenvalue weighted by molar-refractivity contribution is 0.0993. The van der Waals surface area contributed by atoms with Crippen LogP contribution in [0.1, 0.15) is 28.5 Å². The van der Waals surface area contributed by atoms with Crippen LogP contribution in [-0.4, -0.2) is 16.0 Å². The zero-order chi connectivity index (χ0) is 15.6. The van der Waals surface area contributed by atoms with E-state index in [9.17, 15) is 13.6 Å². The Morgan fingerprint density at radius 2 is 1.86 bits per heavy atom. The molecule has 0 aliphatic carbocycles. The third kappa shape index (κ3) is 3.88. The van der Waals surface area contributed by atoms with Crippen LogP contribution in [0.25, 0.3) is 0 Å². The van der Waals surface area contributed by atoms with E-state index in [-0.39, 0.29) is 11.3 Å². The van der Waals surface area contributed by atoms with E-state index in [0.29, 0.717) is 0 Å². The molecule has 2 aromatic rings. The molecule has 1 aromatic heterocycles. The van der Waals surface area contributed by atoms with Gasteiger partial charge in [0.15, 0.2) is 17.4 Å². The summed E-state index contributed by atoms with van der Waals surface area (Å²) in [5.74, 6) is -2.22. The van der Waals surface area contributed by atoms with Crippen LogP contribution >= 0.6 is 11.8 Å². The maximum absolute atomic E-state index is 13.2. The first-order chi connectivity index (χ1) is 9.86. The first kappa shape index (κ1) is 15.6. The third-order valence-corrected chi connectivity index (χ3v) is 3.96. The molecular formula is C16H15F2NOS. The minimum atomic E-state index is -1.01. The molecule has 110 valence electrons. The Morgan fingerprint density at radius 1 is 1.14 bits per heavy atom. The van der Waals surface area contributed by atoms with E-state index in [1.54, 1.807) is 6.92 Å². The number of halogens is 2. The molecule has 0 aliphatic heterocycles. The lowest BCUT2D eigenvalue weighted by Crippen LogP contribution is -2.14. The predicted molar refractivity (Wildman–Crippen MR) is 79.7 cm³/mol. The first-order valence-corrected chi connectivity index (χ1v) is 7.36. The van der Waals surface area contributed by atoms with Gasteiger partial charge in [-0.25, -0.2) is 13.8 Å². The van der Waals surface area contributed by atoms with E-state index in [1.165, 1.54) is 17.8 Å². The van der Waals surface area contributed by atoms with E-state index in [0.717, 1.165) is 28.4 Å². The number of nitrogens with zero attached hydrogens (tertiary/aromatic N) is 1. The Hall–Kier alpha value is -1.75. The number of thioether (sulfide) groups is 1. The van der Waals surface area contributed by atoms with Gasteiger partial charge in [0.25, 0.3) is 0 Å². The van der Waals surface area contributed by atoms with Gasteiger partial charge in [-0.2, -0.15) is 0 Å². The highest BCUT2D eigenvalue weighted by atomic mass is 32.2. The molecule has 1 atom stereocenters. The normalized spacial score (nSPS) is 12.2. The molecule has 0 radical (unpaired) electrons. The van der Waals surface area contributed by atoms with E-state index in [1.807, 2.05) is 26.0 Å². The maximum atomic E-state index is 13.2. The molecule has 0 amide bonds. The summed E-state index contributed by atoms with van der Waals surface area (Å²) in [6.07, 6.45) is 0. The molecule has 5 heteroatoms. The van der Waals surface area contributed by atoms with E-state index >= 15 is 0 Å². The van der Waals surface area contributed by atoms with Gasteiger partial charge in [0.2, 0.25) is 0 Å². The SMILES string of the molecule is Cc1cc(C)nc(SC(C)C(=O)c2ccc(F)c(F)c2)c1. The van der Waals surface area contributed by atoms with Gasteiger partial charge in [0, 0.05) is 11.3 Å². The second-order valence-electron chi connectivity index (χ2n) is 4.88. The van der Waals surface area contributed by atoms with Crippen molar-refractivity contribution >= 4 is 17.5 Å². The van der Waals surface area contributed by atoms with Gasteiger partial charge < -0.3 is 0 Å². The molecule has 0 saturated heterocycles. The lowest BCUT2D eigenvalue weighted by Gasteiger charge is -2.11. The highest BCUT2D eigenvalue weighted by Gasteiger charge is 2.18. The molecule has 2 nitrogen and oxygen atoms in total. The van der Waals surface area contributed by atoms with Crippen molar-refractivity contribution in [2.75, 3.05) is 0 Å². The van der Waals surface area contributed by atoms with Gasteiger partial charge in [-0.05, 0) is 56.7 Å². The minimum Gasteiger partial charge on any atom is -0.293 e. The molecule has 21 heavy (non-hydrogen) atoms. The fraction of sp³-hybridized carbons (Fsp3) is 0.250. The van der Waals surface area contributed by atoms with E-state index in [2.05, 4.69) is 4.98 Å². The summed E-state index contributed by atoms with van der Waals surface area (Å²) in [6, 6.07) is 7.05. The van der Waals surface area contributed by atoms with Crippen molar-refractivity contribution in [3.05, 3.63) is 58.8 Å². The summed E-state index contributed by atoms with van der Waals surface area (Å²) in [6.45, 7) is 5.58. The van der Waals surface area contributed by atoms with Crippen molar-refractivity contribution in [1.82, 2.24) is 4.98 Å². The van der Waals surface area contributed by atoms with Gasteiger partial charge in [0.1, 0.15) is 0 Å². The fourth-order valence-corrected chi connectivity index (χ4v) is 3.04. The Morgan fingerprint density at radius 3 is 2.48 bits per heavy atom. The van der Waals surface area contributed by atoms with Crippen LogP contribution in [0.2, 0.25) is 0 Å². The van der Waals surface area contributed by atoms with Gasteiger partial charge in [-0.15, -0.1) is 0 Å². The van der Waals surface area contributed by atoms with Crippen molar-refractivity contribution in [2.24, 2.45) is 0 Å². The number of benzene rings is 1. The summed E-state index contributed by atoms with van der Waals surface area (Å²) in [4.78, 5) is 16.6. The summed E-state index contributed by atoms with van der Waals surface area (Å²) in [7, 11) is 0. The Bertz CT molecular complexity index is 668. The van der Waals surface area contributed by atoms with Crippen LogP contribution in [0.5, 0.6) is 0 Å². The summed E-state index contributed by atoms with van der Waals surface area (Å²) in [5.41, 5.74) is 2.11. The average molecular weight is 307 g/mol. The molecular weight excluding hydrogens is 292 g/mol. The largest absolute Gasteiger partial charge is 0.293 e. The van der Waals surface area contributed by atoms with Crippen LogP contribution in [0.15, 0.2) is 35.4 Å². The van der Waals surface area contributed by atoms with Crippen molar-refractivity contribution < 1.29 is 13.6 Å². The van der Waals surface area contributed by atoms with Crippen LogP contribution in [0.4, 0.5) is 8.78 Å². The van der Waals surface area contributed by atoms with Crippen LogP contribution in [0.3, 0.4) is 0 Å². The quantitative estimate of drug-likeness (QED) is 0.621. The number of ketones is 1. The molecule has 0 saturated carbocycles. The molecule has 1 aromatic carbocycles. The molecule has 0 aliphatic rings. The van der Waals surface area contributed by atoms with Gasteiger partial charge >= 0.3 is 0 Å². The number of rotatable bonds is 4. The molecule has 1 unspecified atom stereocenters. The van der Waals surface area contributed by atoms with Gasteiger partial charge in [-0.3, -0.25) is 4.79 Å². The van der Waals surface area contributed by atoms with Gasteiger partial charge in [-0.1, -0.05) is 11.8 Å². The van der Waals surface area contributed by atoms with E-state index in [4.69, 9.17) is 0 Å². The predicted octanol–water partition coefficient (Wildman–Crippen LogP) is 4.34. The van der Waals surface area contributed by atoms with E-state index < -0.39 is 16.9 Å². The summed E-state index contributed by atoms with van der Waals surface area (Å²) in [5, 5.41) is 0.319. The Balaban J connectivity index is 2.17. The van der Waals surface area contributed by atoms with Crippen molar-refractivity contribution in [3.63, 3.8) is 0 Å². The zero-order valence-corrected chi connectivity index (χ0v) is 12.8. The van der Waals surface area contributed by atoms with Crippen LogP contribution in [-0.2, 0) is 0 Å². The average Bonchev–Trinajstić information content (AvgIpc) is 2.39. The zero-order valence-electron chi connectivity index (χ0n) is 12.0. The van der Waals surface area contributed by atoms with Crippen molar-refractivity contribution in [3.8, 4) is 0 Å². The molecule has 0 spiro atoms. The molecule has 0 bridgehead atoms. The highest BCUT2D eigenvalue weighted by molar-refractivity contribution is 8.00.